The summed E-state index contributed by atoms with van der Waals surface area (Å²) in [6, 6.07) is 3.89. The standard InChI is InChI=1S/C12H8F5N3/c13-6-2-1-3-8(11(6)14)20-9-4-10(12(15,16)17)19-5-7(9)18/h1-5H,18H2,(H,19,20). The van der Waals surface area contributed by atoms with E-state index in [-0.39, 0.29) is 17.1 Å². The van der Waals surface area contributed by atoms with E-state index in [4.69, 9.17) is 5.73 Å². The van der Waals surface area contributed by atoms with Gasteiger partial charge in [-0.1, -0.05) is 6.07 Å². The molecule has 0 radical (unpaired) electrons. The van der Waals surface area contributed by atoms with Gasteiger partial charge in [0.2, 0.25) is 0 Å². The minimum absolute atomic E-state index is 0.123. The lowest BCUT2D eigenvalue weighted by Gasteiger charge is -2.13. The second-order valence-electron chi connectivity index (χ2n) is 3.88. The second-order valence-corrected chi connectivity index (χ2v) is 3.88. The van der Waals surface area contributed by atoms with Gasteiger partial charge in [0.15, 0.2) is 11.6 Å². The molecule has 0 aliphatic carbocycles. The number of hydrogen-bond acceptors (Lipinski definition) is 3. The first-order valence-corrected chi connectivity index (χ1v) is 5.33. The number of nitrogens with zero attached hydrogens (tertiary/aromatic N) is 1. The lowest BCUT2D eigenvalue weighted by Crippen LogP contribution is -2.10. The zero-order valence-electron chi connectivity index (χ0n) is 9.80. The first-order chi connectivity index (χ1) is 9.29. The van der Waals surface area contributed by atoms with E-state index < -0.39 is 23.5 Å². The highest BCUT2D eigenvalue weighted by atomic mass is 19.4. The Morgan fingerprint density at radius 1 is 1.10 bits per heavy atom. The van der Waals surface area contributed by atoms with Crippen LogP contribution in [-0.4, -0.2) is 4.98 Å². The van der Waals surface area contributed by atoms with Crippen molar-refractivity contribution < 1.29 is 22.0 Å². The molecule has 8 heteroatoms. The molecule has 0 atom stereocenters. The van der Waals surface area contributed by atoms with Gasteiger partial charge >= 0.3 is 6.18 Å². The summed E-state index contributed by atoms with van der Waals surface area (Å²) in [4.78, 5) is 3.13. The fourth-order valence-electron chi connectivity index (χ4n) is 1.47. The number of nitrogen functional groups attached to an aromatic ring is 1. The number of hydrogen-bond donors (Lipinski definition) is 2. The molecule has 0 aliphatic heterocycles. The van der Waals surface area contributed by atoms with Crippen LogP contribution in [0.5, 0.6) is 0 Å². The van der Waals surface area contributed by atoms with Crippen LogP contribution in [0.4, 0.5) is 39.0 Å². The number of rotatable bonds is 2. The number of anilines is 3. The second kappa shape index (κ2) is 4.95. The molecular weight excluding hydrogens is 281 g/mol. The van der Waals surface area contributed by atoms with Crippen LogP contribution in [0.1, 0.15) is 5.69 Å². The maximum atomic E-state index is 13.4. The fourth-order valence-corrected chi connectivity index (χ4v) is 1.47. The van der Waals surface area contributed by atoms with E-state index in [0.717, 1.165) is 12.3 Å². The van der Waals surface area contributed by atoms with Crippen LogP contribution in [0.2, 0.25) is 0 Å². The third-order valence-corrected chi connectivity index (χ3v) is 2.45. The van der Waals surface area contributed by atoms with Crippen LogP contribution >= 0.6 is 0 Å². The van der Waals surface area contributed by atoms with Crippen molar-refractivity contribution in [2.45, 2.75) is 6.18 Å². The van der Waals surface area contributed by atoms with Gasteiger partial charge in [-0.25, -0.2) is 13.8 Å². The Bertz CT molecular complexity index is 639. The summed E-state index contributed by atoms with van der Waals surface area (Å²) >= 11 is 0. The summed E-state index contributed by atoms with van der Waals surface area (Å²) in [5, 5.41) is 2.31. The van der Waals surface area contributed by atoms with E-state index in [9.17, 15) is 22.0 Å². The number of pyridine rings is 1. The first-order valence-electron chi connectivity index (χ1n) is 5.33. The van der Waals surface area contributed by atoms with Crippen molar-refractivity contribution in [3.8, 4) is 0 Å². The largest absolute Gasteiger partial charge is 0.433 e. The number of aromatic nitrogens is 1. The highest BCUT2D eigenvalue weighted by Crippen LogP contribution is 2.32. The molecular formula is C12H8F5N3. The van der Waals surface area contributed by atoms with Gasteiger partial charge in [0.1, 0.15) is 5.69 Å². The predicted octanol–water partition coefficient (Wildman–Crippen LogP) is 3.70. The molecule has 2 rings (SSSR count). The Morgan fingerprint density at radius 3 is 2.45 bits per heavy atom. The van der Waals surface area contributed by atoms with E-state index in [2.05, 4.69) is 10.3 Å². The lowest BCUT2D eigenvalue weighted by molar-refractivity contribution is -0.141. The van der Waals surface area contributed by atoms with Gasteiger partial charge in [-0.15, -0.1) is 0 Å². The van der Waals surface area contributed by atoms with Crippen molar-refractivity contribution in [3.05, 3.63) is 47.8 Å². The van der Waals surface area contributed by atoms with Gasteiger partial charge < -0.3 is 11.1 Å². The van der Waals surface area contributed by atoms with Crippen molar-refractivity contribution in [2.24, 2.45) is 0 Å². The zero-order valence-corrected chi connectivity index (χ0v) is 9.80. The quantitative estimate of drug-likeness (QED) is 0.829. The molecule has 1 heterocycles. The van der Waals surface area contributed by atoms with Gasteiger partial charge in [-0.2, -0.15) is 13.2 Å². The molecule has 1 aromatic carbocycles. The summed E-state index contributed by atoms with van der Waals surface area (Å²) in [7, 11) is 0. The molecule has 0 saturated carbocycles. The third kappa shape index (κ3) is 2.79. The molecule has 0 fully saturated rings. The fraction of sp³-hybridized carbons (Fsp3) is 0.0833. The zero-order chi connectivity index (χ0) is 14.9. The molecule has 106 valence electrons. The van der Waals surface area contributed by atoms with Crippen LogP contribution in [0.3, 0.4) is 0 Å². The van der Waals surface area contributed by atoms with Gasteiger partial charge in [0.25, 0.3) is 0 Å². The Morgan fingerprint density at radius 2 is 1.80 bits per heavy atom. The monoisotopic (exact) mass is 289 g/mol. The number of nitrogens with one attached hydrogen (secondary N) is 1. The number of nitrogens with two attached hydrogens (primary N) is 1. The molecule has 0 bridgehead atoms. The van der Waals surface area contributed by atoms with Gasteiger partial charge in [0, 0.05) is 0 Å². The molecule has 0 amide bonds. The molecule has 0 aliphatic rings. The third-order valence-electron chi connectivity index (χ3n) is 2.45. The Labute approximate surface area is 110 Å². The average Bonchev–Trinajstić information content (AvgIpc) is 2.36. The maximum absolute atomic E-state index is 13.4. The van der Waals surface area contributed by atoms with Crippen molar-refractivity contribution in [3.63, 3.8) is 0 Å². The SMILES string of the molecule is Nc1cnc(C(F)(F)F)cc1Nc1cccc(F)c1F. The molecule has 3 nitrogen and oxygen atoms in total. The molecule has 0 saturated heterocycles. The van der Waals surface area contributed by atoms with Crippen LogP contribution in [0.15, 0.2) is 30.5 Å². The Balaban J connectivity index is 2.41. The number of benzene rings is 1. The van der Waals surface area contributed by atoms with E-state index in [1.54, 1.807) is 0 Å². The molecule has 0 unspecified atom stereocenters. The van der Waals surface area contributed by atoms with Crippen LogP contribution in [-0.2, 0) is 6.18 Å². The van der Waals surface area contributed by atoms with Crippen molar-refractivity contribution >= 4 is 17.1 Å². The summed E-state index contributed by atoms with van der Waals surface area (Å²) in [5.74, 6) is -2.34. The first kappa shape index (κ1) is 14.0. The Kier molecular flexibility index (Phi) is 3.47. The van der Waals surface area contributed by atoms with Crippen molar-refractivity contribution in [1.82, 2.24) is 4.98 Å². The van der Waals surface area contributed by atoms with E-state index in [1.165, 1.54) is 12.1 Å². The smallest absolute Gasteiger partial charge is 0.396 e. The molecule has 20 heavy (non-hydrogen) atoms. The minimum atomic E-state index is -4.66. The Hall–Kier alpha value is -2.38. The summed E-state index contributed by atoms with van der Waals surface area (Å²) < 4.78 is 64.0. The lowest BCUT2D eigenvalue weighted by atomic mass is 10.2. The summed E-state index contributed by atoms with van der Waals surface area (Å²) in [5.41, 5.74) is 3.61. The average molecular weight is 289 g/mol. The van der Waals surface area contributed by atoms with Gasteiger partial charge in [0.05, 0.1) is 23.3 Å². The van der Waals surface area contributed by atoms with Crippen LogP contribution in [0.25, 0.3) is 0 Å². The van der Waals surface area contributed by atoms with Crippen molar-refractivity contribution in [1.29, 1.82) is 0 Å². The minimum Gasteiger partial charge on any atom is -0.396 e. The van der Waals surface area contributed by atoms with E-state index >= 15 is 0 Å². The predicted molar refractivity (Wildman–Crippen MR) is 63.3 cm³/mol. The maximum Gasteiger partial charge on any atom is 0.433 e. The molecule has 0 spiro atoms. The molecule has 3 N–H and O–H groups in total. The summed E-state index contributed by atoms with van der Waals surface area (Å²) in [6.45, 7) is 0. The normalized spacial score (nSPS) is 11.4. The van der Waals surface area contributed by atoms with Crippen LogP contribution < -0.4 is 11.1 Å². The number of halogens is 5. The molecule has 2 aromatic rings. The van der Waals surface area contributed by atoms with Crippen LogP contribution in [0, 0.1) is 11.6 Å². The summed E-state index contributed by atoms with van der Waals surface area (Å²) in [6.07, 6.45) is -3.87. The topological polar surface area (TPSA) is 50.9 Å². The van der Waals surface area contributed by atoms with E-state index in [0.29, 0.717) is 6.07 Å². The van der Waals surface area contributed by atoms with Crippen molar-refractivity contribution in [2.75, 3.05) is 11.1 Å². The van der Waals surface area contributed by atoms with E-state index in [1.807, 2.05) is 0 Å². The highest BCUT2D eigenvalue weighted by molar-refractivity contribution is 5.72. The highest BCUT2D eigenvalue weighted by Gasteiger charge is 2.33. The number of alkyl halides is 3. The van der Waals surface area contributed by atoms with Gasteiger partial charge in [-0.3, -0.25) is 0 Å². The van der Waals surface area contributed by atoms with Gasteiger partial charge in [-0.05, 0) is 18.2 Å². The molecule has 1 aromatic heterocycles.